The summed E-state index contributed by atoms with van der Waals surface area (Å²) in [5.74, 6) is -0.243. The maximum absolute atomic E-state index is 11.8. The van der Waals surface area contributed by atoms with Gasteiger partial charge in [0.2, 0.25) is 5.91 Å². The molecule has 0 bridgehead atoms. The molecule has 3 amide bonds. The normalized spacial score (nSPS) is 22.2. The minimum Gasteiger partial charge on any atom is -0.338 e. The summed E-state index contributed by atoms with van der Waals surface area (Å²) in [5, 5.41) is 8.08. The molecule has 2 unspecified atom stereocenters. The summed E-state index contributed by atoms with van der Waals surface area (Å²) in [6, 6.07) is -0.251. The van der Waals surface area contributed by atoms with E-state index in [1.54, 1.807) is 0 Å². The lowest BCUT2D eigenvalue weighted by Crippen LogP contribution is -2.49. The molecule has 0 aromatic carbocycles. The molecule has 1 rings (SSSR count). The number of carbonyl (C=O) groups excluding carboxylic acids is 2. The Morgan fingerprint density at radius 3 is 2.71 bits per heavy atom. The van der Waals surface area contributed by atoms with Gasteiger partial charge in [0, 0.05) is 25.7 Å². The fourth-order valence-electron chi connectivity index (χ4n) is 1.96. The van der Waals surface area contributed by atoms with E-state index in [1.165, 1.54) is 0 Å². The van der Waals surface area contributed by atoms with Crippen LogP contribution < -0.4 is 16.0 Å². The molecule has 3 N–H and O–H groups in total. The number of nitrogens with one attached hydrogen (secondary N) is 3. The average Bonchev–Trinajstić information content (AvgIpc) is 2.76. The number of hydrogen-bond acceptors (Lipinski definition) is 4. The zero-order valence-corrected chi connectivity index (χ0v) is 10.7. The molecule has 0 aromatic rings. The minimum atomic E-state index is -0.422. The number of carbonyl (C=O) groups is 2. The van der Waals surface area contributed by atoms with Crippen LogP contribution in [0, 0.1) is 0 Å². The first-order valence-electron chi connectivity index (χ1n) is 6.08. The summed E-state index contributed by atoms with van der Waals surface area (Å²) in [4.78, 5) is 25.1. The van der Waals surface area contributed by atoms with Crippen molar-refractivity contribution in [1.29, 1.82) is 0 Å². The largest absolute Gasteiger partial charge is 0.338 e. The van der Waals surface area contributed by atoms with Crippen molar-refractivity contribution in [2.24, 2.45) is 0 Å². The number of rotatable bonds is 4. The number of amides is 3. The van der Waals surface area contributed by atoms with Crippen LogP contribution in [0.1, 0.15) is 20.3 Å². The van der Waals surface area contributed by atoms with Gasteiger partial charge in [-0.3, -0.25) is 15.0 Å². The first-order valence-corrected chi connectivity index (χ1v) is 6.08. The van der Waals surface area contributed by atoms with Gasteiger partial charge in [-0.25, -0.2) is 4.79 Å². The second-order valence-electron chi connectivity index (χ2n) is 4.29. The number of imide groups is 1. The van der Waals surface area contributed by atoms with Crippen LogP contribution in [0.25, 0.3) is 0 Å². The first-order chi connectivity index (χ1) is 8.08. The molecule has 1 aliphatic heterocycles. The summed E-state index contributed by atoms with van der Waals surface area (Å²) in [7, 11) is 1.92. The van der Waals surface area contributed by atoms with Crippen LogP contribution in [0.4, 0.5) is 4.79 Å². The highest BCUT2D eigenvalue weighted by atomic mass is 16.2. The molecule has 1 aliphatic rings. The van der Waals surface area contributed by atoms with Gasteiger partial charge in [0.25, 0.3) is 0 Å². The van der Waals surface area contributed by atoms with Crippen molar-refractivity contribution >= 4 is 11.9 Å². The predicted octanol–water partition coefficient (Wildman–Crippen LogP) is -0.486. The van der Waals surface area contributed by atoms with Gasteiger partial charge in [-0.1, -0.05) is 0 Å². The summed E-state index contributed by atoms with van der Waals surface area (Å²) >= 11 is 0. The van der Waals surface area contributed by atoms with Crippen molar-refractivity contribution in [3.63, 3.8) is 0 Å². The lowest BCUT2D eigenvalue weighted by Gasteiger charge is -2.23. The van der Waals surface area contributed by atoms with E-state index in [9.17, 15) is 9.59 Å². The van der Waals surface area contributed by atoms with Crippen LogP contribution in [0.15, 0.2) is 0 Å². The third kappa shape index (κ3) is 3.98. The van der Waals surface area contributed by atoms with Gasteiger partial charge >= 0.3 is 6.03 Å². The van der Waals surface area contributed by atoms with Crippen LogP contribution in [0.2, 0.25) is 0 Å². The molecule has 2 atom stereocenters. The van der Waals surface area contributed by atoms with E-state index in [1.807, 2.05) is 20.9 Å². The summed E-state index contributed by atoms with van der Waals surface area (Å²) in [5.41, 5.74) is 0. The number of likely N-dealkylation sites (tertiary alicyclic amines) is 1. The zero-order chi connectivity index (χ0) is 12.8. The second-order valence-corrected chi connectivity index (χ2v) is 4.29. The van der Waals surface area contributed by atoms with Crippen LogP contribution in [0.3, 0.4) is 0 Å². The predicted molar refractivity (Wildman–Crippen MR) is 65.7 cm³/mol. The van der Waals surface area contributed by atoms with Crippen molar-refractivity contribution in [3.05, 3.63) is 0 Å². The Morgan fingerprint density at radius 2 is 2.18 bits per heavy atom. The van der Waals surface area contributed by atoms with Crippen LogP contribution in [-0.4, -0.2) is 55.6 Å². The summed E-state index contributed by atoms with van der Waals surface area (Å²) < 4.78 is 0. The van der Waals surface area contributed by atoms with Crippen LogP contribution >= 0.6 is 0 Å². The quantitative estimate of drug-likeness (QED) is 0.622. The Bertz CT molecular complexity index is 283. The van der Waals surface area contributed by atoms with E-state index in [0.717, 1.165) is 19.5 Å². The van der Waals surface area contributed by atoms with Crippen molar-refractivity contribution in [3.8, 4) is 0 Å². The van der Waals surface area contributed by atoms with Crippen molar-refractivity contribution < 1.29 is 9.59 Å². The van der Waals surface area contributed by atoms with Crippen molar-refractivity contribution in [1.82, 2.24) is 20.9 Å². The Kier molecular flexibility index (Phi) is 5.37. The molecular weight excluding hydrogens is 220 g/mol. The maximum atomic E-state index is 11.8. The van der Waals surface area contributed by atoms with E-state index < -0.39 is 6.03 Å². The third-order valence-electron chi connectivity index (χ3n) is 3.13. The average molecular weight is 242 g/mol. The highest BCUT2D eigenvalue weighted by molar-refractivity contribution is 5.96. The first kappa shape index (κ1) is 13.9. The van der Waals surface area contributed by atoms with Crippen molar-refractivity contribution in [2.45, 2.75) is 32.4 Å². The molecule has 0 radical (unpaired) electrons. The number of hydrogen-bond donors (Lipinski definition) is 3. The monoisotopic (exact) mass is 242 g/mol. The van der Waals surface area contributed by atoms with Gasteiger partial charge in [0.1, 0.15) is 0 Å². The topological polar surface area (TPSA) is 73.5 Å². The van der Waals surface area contributed by atoms with Gasteiger partial charge in [-0.2, -0.15) is 0 Å². The fourth-order valence-corrected chi connectivity index (χ4v) is 1.96. The smallest absolute Gasteiger partial charge is 0.321 e. The molecule has 0 saturated carbocycles. The van der Waals surface area contributed by atoms with Gasteiger partial charge in [0.05, 0.1) is 6.04 Å². The van der Waals surface area contributed by atoms with Crippen LogP contribution in [-0.2, 0) is 4.79 Å². The van der Waals surface area contributed by atoms with Crippen LogP contribution in [0.5, 0.6) is 0 Å². The molecule has 1 fully saturated rings. The van der Waals surface area contributed by atoms with Gasteiger partial charge < -0.3 is 10.6 Å². The molecule has 1 saturated heterocycles. The maximum Gasteiger partial charge on any atom is 0.321 e. The lowest BCUT2D eigenvalue weighted by atomic mass is 10.2. The molecule has 6 heteroatoms. The molecule has 17 heavy (non-hydrogen) atoms. The van der Waals surface area contributed by atoms with Gasteiger partial charge in [0.15, 0.2) is 0 Å². The van der Waals surface area contributed by atoms with Crippen molar-refractivity contribution in [2.75, 3.05) is 26.7 Å². The van der Waals surface area contributed by atoms with Gasteiger partial charge in [-0.15, -0.1) is 0 Å². The summed E-state index contributed by atoms with van der Waals surface area (Å²) in [6.07, 6.45) is 1.04. The Balaban J connectivity index is 2.39. The molecule has 6 nitrogen and oxygen atoms in total. The second kappa shape index (κ2) is 6.56. The van der Waals surface area contributed by atoms with E-state index in [0.29, 0.717) is 12.6 Å². The number of likely N-dealkylation sites (N-methyl/N-ethyl adjacent to an activating group) is 1. The molecule has 98 valence electrons. The Morgan fingerprint density at radius 1 is 1.47 bits per heavy atom. The van der Waals surface area contributed by atoms with E-state index >= 15 is 0 Å². The highest BCUT2D eigenvalue weighted by Crippen LogP contribution is 2.12. The molecule has 0 spiro atoms. The molecule has 1 heterocycles. The zero-order valence-electron chi connectivity index (χ0n) is 10.7. The third-order valence-corrected chi connectivity index (χ3v) is 3.13. The Hall–Kier alpha value is -1.14. The van der Waals surface area contributed by atoms with E-state index in [-0.39, 0.29) is 11.9 Å². The van der Waals surface area contributed by atoms with Gasteiger partial charge in [-0.05, 0) is 27.3 Å². The lowest BCUT2D eigenvalue weighted by molar-refractivity contribution is -0.124. The number of nitrogens with zero attached hydrogens (tertiary/aromatic N) is 1. The molecule has 0 aromatic heterocycles. The summed E-state index contributed by atoms with van der Waals surface area (Å²) in [6.45, 7) is 5.88. The fraction of sp³-hybridized carbons (Fsp3) is 0.818. The Labute approximate surface area is 102 Å². The van der Waals surface area contributed by atoms with E-state index in [4.69, 9.17) is 0 Å². The number of urea groups is 1. The SMILES string of the molecule is CCNC(=O)NC(=O)C(C)N1CCC(NC)C1. The standard InChI is InChI=1S/C11H22N4O2/c1-4-13-11(17)14-10(16)8(2)15-6-5-9(7-15)12-3/h8-9,12H,4-7H2,1-3H3,(H2,13,14,16,17). The molecular formula is C11H22N4O2. The highest BCUT2D eigenvalue weighted by Gasteiger charge is 2.29. The van der Waals surface area contributed by atoms with E-state index in [2.05, 4.69) is 20.9 Å². The minimum absolute atomic E-state index is 0.243. The molecule has 0 aliphatic carbocycles.